The minimum atomic E-state index is -0.453. The number of aromatic nitrogens is 2. The number of benzene rings is 2. The predicted octanol–water partition coefficient (Wildman–Crippen LogP) is 4.03. The fraction of sp³-hybridized carbons (Fsp3) is 0.290. The number of carbonyl (C=O) groups excluding carboxylic acids is 2. The molecule has 3 heterocycles. The zero-order chi connectivity index (χ0) is 27.9. The number of hydrogen-bond donors (Lipinski definition) is 3. The van der Waals surface area contributed by atoms with Crippen molar-refractivity contribution in [2.45, 2.75) is 39.0 Å². The monoisotopic (exact) mass is 539 g/mol. The number of amides is 2. The Morgan fingerprint density at radius 3 is 2.62 bits per heavy atom. The van der Waals surface area contributed by atoms with Crippen LogP contribution in [0.25, 0.3) is 10.9 Å². The van der Waals surface area contributed by atoms with Crippen molar-refractivity contribution in [1.29, 1.82) is 0 Å². The summed E-state index contributed by atoms with van der Waals surface area (Å²) in [6.07, 6.45) is 4.39. The summed E-state index contributed by atoms with van der Waals surface area (Å²) in [7, 11) is 0. The Kier molecular flexibility index (Phi) is 8.63. The van der Waals surface area contributed by atoms with Crippen LogP contribution in [0.2, 0.25) is 0 Å². The number of hydrogen-bond acceptors (Lipinski definition) is 7. The van der Waals surface area contributed by atoms with E-state index in [9.17, 15) is 9.59 Å². The van der Waals surface area contributed by atoms with Gasteiger partial charge in [-0.15, -0.1) is 0 Å². The van der Waals surface area contributed by atoms with E-state index in [1.807, 2.05) is 49.4 Å². The van der Waals surface area contributed by atoms with Gasteiger partial charge in [-0.05, 0) is 79.9 Å². The second-order valence-electron chi connectivity index (χ2n) is 10.2. The molecule has 1 saturated heterocycles. The van der Waals surface area contributed by atoms with Gasteiger partial charge < -0.3 is 10.1 Å². The van der Waals surface area contributed by atoms with E-state index in [1.165, 1.54) is 0 Å². The zero-order valence-electron chi connectivity index (χ0n) is 22.4. The van der Waals surface area contributed by atoms with Crippen molar-refractivity contribution in [1.82, 2.24) is 25.7 Å². The zero-order valence-corrected chi connectivity index (χ0v) is 22.4. The summed E-state index contributed by atoms with van der Waals surface area (Å²) in [6, 6.07) is 20.8. The fourth-order valence-electron chi connectivity index (χ4n) is 5.28. The molecule has 2 aromatic heterocycles. The Bertz CT molecular complexity index is 1460. The van der Waals surface area contributed by atoms with Crippen molar-refractivity contribution >= 4 is 22.7 Å². The Hall–Kier alpha value is -4.34. The molecule has 0 radical (unpaired) electrons. The summed E-state index contributed by atoms with van der Waals surface area (Å²) in [5, 5.41) is 13.2. The van der Waals surface area contributed by atoms with E-state index in [0.29, 0.717) is 24.5 Å². The molecule has 3 N–H and O–H groups in total. The second-order valence-corrected chi connectivity index (χ2v) is 10.2. The molecule has 0 aliphatic carbocycles. The predicted molar refractivity (Wildman–Crippen MR) is 151 cm³/mol. The van der Waals surface area contributed by atoms with Crippen LogP contribution in [-0.4, -0.2) is 51.0 Å². The highest BCUT2D eigenvalue weighted by atomic mass is 16.5. The van der Waals surface area contributed by atoms with Gasteiger partial charge in [0.25, 0.3) is 5.91 Å². The summed E-state index contributed by atoms with van der Waals surface area (Å²) in [4.78, 5) is 36.1. The van der Waals surface area contributed by atoms with Crippen LogP contribution in [0.3, 0.4) is 0 Å². The van der Waals surface area contributed by atoms with Gasteiger partial charge in [-0.3, -0.25) is 29.7 Å². The van der Waals surface area contributed by atoms with Crippen molar-refractivity contribution in [3.05, 3.63) is 102 Å². The van der Waals surface area contributed by atoms with Crippen LogP contribution in [0, 0.1) is 12.8 Å². The highest BCUT2D eigenvalue weighted by molar-refractivity contribution is 5.94. The summed E-state index contributed by atoms with van der Waals surface area (Å²) >= 11 is 0. The lowest BCUT2D eigenvalue weighted by Crippen LogP contribution is -2.53. The third-order valence-electron chi connectivity index (χ3n) is 7.33. The quantitative estimate of drug-likeness (QED) is 0.217. The minimum absolute atomic E-state index is 0.0916. The van der Waals surface area contributed by atoms with E-state index in [2.05, 4.69) is 20.2 Å². The molecule has 5 rings (SSSR count). The normalized spacial score (nSPS) is 17.4. The average Bonchev–Trinajstić information content (AvgIpc) is 2.97. The lowest BCUT2D eigenvalue weighted by Gasteiger charge is -2.38. The number of likely N-dealkylation sites (tertiary alicyclic amines) is 1. The number of nitrogens with zero attached hydrogens (tertiary/aromatic N) is 3. The van der Waals surface area contributed by atoms with Crippen LogP contribution in [0.5, 0.6) is 5.75 Å². The number of nitrogens with one attached hydrogen (secondary N) is 2. The minimum Gasteiger partial charge on any atom is -0.489 e. The van der Waals surface area contributed by atoms with E-state index in [-0.39, 0.29) is 24.3 Å². The molecule has 40 heavy (non-hydrogen) atoms. The van der Waals surface area contributed by atoms with E-state index < -0.39 is 5.91 Å². The van der Waals surface area contributed by atoms with Crippen molar-refractivity contribution in [3.8, 4) is 5.75 Å². The maximum atomic E-state index is 13.2. The molecule has 0 bridgehead atoms. The Morgan fingerprint density at radius 1 is 1.07 bits per heavy atom. The number of aryl methyl sites for hydroxylation is 1. The molecule has 9 nitrogen and oxygen atoms in total. The number of piperidine rings is 1. The van der Waals surface area contributed by atoms with Gasteiger partial charge >= 0.3 is 0 Å². The van der Waals surface area contributed by atoms with Gasteiger partial charge in [0.05, 0.1) is 5.52 Å². The van der Waals surface area contributed by atoms with Crippen LogP contribution < -0.4 is 15.5 Å². The first-order chi connectivity index (χ1) is 19.5. The first-order valence-electron chi connectivity index (χ1n) is 13.4. The van der Waals surface area contributed by atoms with Crippen LogP contribution in [0.1, 0.15) is 40.0 Å². The molecule has 2 aromatic carbocycles. The number of pyridine rings is 2. The standard InChI is InChI=1S/C31H33N5O4/c1-21-16-25(27-4-2-3-5-28(27)33-21)20-40-26-8-6-23(7-9-26)31(38)34-29-19-36(18-22-10-13-32-14-11-22)15-12-24(29)17-30(37)35-39/h2-11,13-14,16,24,29,39H,12,15,17-20H2,1H3,(H,34,38)(H,35,37)/t24-,29+/m0/s1. The molecule has 206 valence electrons. The van der Waals surface area contributed by atoms with Gasteiger partial charge in [0, 0.05) is 60.2 Å². The van der Waals surface area contributed by atoms with Gasteiger partial charge in [0.1, 0.15) is 12.4 Å². The van der Waals surface area contributed by atoms with Crippen molar-refractivity contribution in [2.24, 2.45) is 5.92 Å². The van der Waals surface area contributed by atoms with E-state index in [0.717, 1.165) is 47.2 Å². The van der Waals surface area contributed by atoms with Crippen LogP contribution in [-0.2, 0) is 17.9 Å². The molecule has 1 aliphatic rings. The highest BCUT2D eigenvalue weighted by Crippen LogP contribution is 2.24. The second kappa shape index (κ2) is 12.7. The molecule has 0 unspecified atom stereocenters. The largest absolute Gasteiger partial charge is 0.489 e. The van der Waals surface area contributed by atoms with Crippen LogP contribution in [0.15, 0.2) is 79.1 Å². The SMILES string of the molecule is Cc1cc(COc2ccc(C(=O)N[C@@H]3CN(Cc4ccncc4)CC[C@H]3CC(=O)NO)cc2)c2ccccc2n1. The lowest BCUT2D eigenvalue weighted by molar-refractivity contribution is -0.130. The van der Waals surface area contributed by atoms with E-state index >= 15 is 0 Å². The summed E-state index contributed by atoms with van der Waals surface area (Å²) < 4.78 is 6.04. The average molecular weight is 540 g/mol. The van der Waals surface area contributed by atoms with Gasteiger partial charge in [0.2, 0.25) is 5.91 Å². The number of para-hydroxylation sites is 1. The fourth-order valence-corrected chi connectivity index (χ4v) is 5.28. The Morgan fingerprint density at radius 2 is 1.85 bits per heavy atom. The van der Waals surface area contributed by atoms with Gasteiger partial charge in [0.15, 0.2) is 0 Å². The molecule has 0 spiro atoms. The molecule has 1 aliphatic heterocycles. The molecule has 9 heteroatoms. The van der Waals surface area contributed by atoms with Gasteiger partial charge in [-0.25, -0.2) is 5.48 Å². The van der Waals surface area contributed by atoms with Gasteiger partial charge in [-0.2, -0.15) is 0 Å². The Balaban J connectivity index is 1.23. The van der Waals surface area contributed by atoms with E-state index in [4.69, 9.17) is 9.94 Å². The maximum Gasteiger partial charge on any atom is 0.251 e. The number of ether oxygens (including phenoxy) is 1. The van der Waals surface area contributed by atoms with Crippen molar-refractivity contribution in [2.75, 3.05) is 13.1 Å². The molecule has 2 amide bonds. The van der Waals surface area contributed by atoms with Crippen molar-refractivity contribution in [3.63, 3.8) is 0 Å². The number of fused-ring (bicyclic) bond motifs is 1. The first kappa shape index (κ1) is 27.2. The smallest absolute Gasteiger partial charge is 0.251 e. The van der Waals surface area contributed by atoms with Crippen LogP contribution >= 0.6 is 0 Å². The molecule has 0 saturated carbocycles. The maximum absolute atomic E-state index is 13.2. The molecular weight excluding hydrogens is 506 g/mol. The summed E-state index contributed by atoms with van der Waals surface area (Å²) in [5.74, 6) is -0.0993. The number of rotatable bonds is 9. The third-order valence-corrected chi connectivity index (χ3v) is 7.33. The van der Waals surface area contributed by atoms with Crippen molar-refractivity contribution < 1.29 is 19.5 Å². The molecule has 1 fully saturated rings. The first-order valence-corrected chi connectivity index (χ1v) is 13.4. The molecule has 2 atom stereocenters. The van der Waals surface area contributed by atoms with Gasteiger partial charge in [-0.1, -0.05) is 18.2 Å². The topological polar surface area (TPSA) is 117 Å². The summed E-state index contributed by atoms with van der Waals surface area (Å²) in [6.45, 7) is 4.47. The highest BCUT2D eigenvalue weighted by Gasteiger charge is 2.32. The van der Waals surface area contributed by atoms with Crippen LogP contribution in [0.4, 0.5) is 0 Å². The Labute approximate surface area is 233 Å². The number of hydroxylamine groups is 1. The number of carbonyl (C=O) groups is 2. The third kappa shape index (κ3) is 6.80. The molecule has 4 aromatic rings. The molecular formula is C31H33N5O4. The summed E-state index contributed by atoms with van der Waals surface area (Å²) in [5.41, 5.74) is 6.29. The van der Waals surface area contributed by atoms with E-state index in [1.54, 1.807) is 42.1 Å². The lowest BCUT2D eigenvalue weighted by atomic mass is 9.88.